The van der Waals surface area contributed by atoms with E-state index in [1.165, 1.54) is 31.9 Å². The number of ether oxygens (including phenoxy) is 2. The first-order valence-corrected chi connectivity index (χ1v) is 13.8. The van der Waals surface area contributed by atoms with E-state index in [2.05, 4.69) is 34.2 Å². The zero-order chi connectivity index (χ0) is 26.6. The number of likely N-dealkylation sites (tertiary alicyclic amines) is 1. The van der Waals surface area contributed by atoms with Crippen molar-refractivity contribution in [3.05, 3.63) is 52.5 Å². The number of hydrogen-bond acceptors (Lipinski definition) is 6. The Balaban J connectivity index is 1.29. The molecule has 1 aliphatic heterocycles. The van der Waals surface area contributed by atoms with Gasteiger partial charge in [0.05, 0.1) is 30.5 Å². The van der Waals surface area contributed by atoms with Gasteiger partial charge in [-0.05, 0) is 88.1 Å². The number of carbonyl (C=O) groups excluding carboxylic acids is 1. The number of unbranched alkanes of at least 4 members (excludes halogenated alkanes) is 2. The number of hydrogen-bond donors (Lipinski definition) is 2. The van der Waals surface area contributed by atoms with Crippen molar-refractivity contribution < 1.29 is 14.3 Å². The van der Waals surface area contributed by atoms with Gasteiger partial charge in [0.25, 0.3) is 5.91 Å². The predicted molar refractivity (Wildman–Crippen MR) is 152 cm³/mol. The molecule has 1 fully saturated rings. The molecule has 37 heavy (non-hydrogen) atoms. The van der Waals surface area contributed by atoms with Crippen LogP contribution in [-0.4, -0.2) is 69.2 Å². The van der Waals surface area contributed by atoms with Gasteiger partial charge in [0, 0.05) is 19.2 Å². The number of rotatable bonds is 14. The highest BCUT2D eigenvalue weighted by Gasteiger charge is 2.21. The number of benzene rings is 2. The Labute approximate surface area is 227 Å². The molecule has 0 aliphatic carbocycles. The van der Waals surface area contributed by atoms with E-state index in [1.54, 1.807) is 19.2 Å². The van der Waals surface area contributed by atoms with Crippen molar-refractivity contribution in [3.8, 4) is 11.5 Å². The number of anilines is 1. The Hall–Kier alpha value is -2.48. The van der Waals surface area contributed by atoms with Gasteiger partial charge in [-0.15, -0.1) is 0 Å². The Morgan fingerprint density at radius 2 is 1.84 bits per heavy atom. The van der Waals surface area contributed by atoms with Crippen LogP contribution in [0.2, 0.25) is 5.02 Å². The summed E-state index contributed by atoms with van der Waals surface area (Å²) in [6, 6.07) is 11.5. The molecule has 0 bridgehead atoms. The quantitative estimate of drug-likeness (QED) is 0.262. The molecular weight excluding hydrogens is 488 g/mol. The van der Waals surface area contributed by atoms with Crippen LogP contribution in [0.5, 0.6) is 11.5 Å². The van der Waals surface area contributed by atoms with Crippen molar-refractivity contribution in [2.45, 2.75) is 45.6 Å². The minimum absolute atomic E-state index is 0.172. The van der Waals surface area contributed by atoms with Crippen LogP contribution in [0.3, 0.4) is 0 Å². The topological polar surface area (TPSA) is 80.1 Å². The Morgan fingerprint density at radius 3 is 2.49 bits per heavy atom. The van der Waals surface area contributed by atoms with E-state index in [4.69, 9.17) is 26.8 Å². The molecule has 0 atom stereocenters. The molecule has 7 nitrogen and oxygen atoms in total. The van der Waals surface area contributed by atoms with Crippen LogP contribution in [0.4, 0.5) is 5.69 Å². The lowest BCUT2D eigenvalue weighted by molar-refractivity contribution is 0.0933. The first-order valence-electron chi connectivity index (χ1n) is 13.4. The van der Waals surface area contributed by atoms with Gasteiger partial charge in [0.2, 0.25) is 0 Å². The summed E-state index contributed by atoms with van der Waals surface area (Å²) in [5, 5.41) is 3.42. The third-order valence-corrected chi connectivity index (χ3v) is 7.61. The molecule has 1 aliphatic rings. The molecule has 1 amide bonds. The molecule has 204 valence electrons. The van der Waals surface area contributed by atoms with Crippen molar-refractivity contribution >= 4 is 23.2 Å². The summed E-state index contributed by atoms with van der Waals surface area (Å²) in [6.45, 7) is 9.43. The molecule has 0 radical (unpaired) electrons. The molecule has 0 spiro atoms. The minimum Gasteiger partial charge on any atom is -0.497 e. The van der Waals surface area contributed by atoms with E-state index in [0.29, 0.717) is 34.5 Å². The monoisotopic (exact) mass is 530 g/mol. The van der Waals surface area contributed by atoms with Crippen LogP contribution >= 0.6 is 11.6 Å². The van der Waals surface area contributed by atoms with Crippen LogP contribution in [0.25, 0.3) is 0 Å². The molecule has 3 N–H and O–H groups in total. The van der Waals surface area contributed by atoms with Crippen molar-refractivity contribution in [3.63, 3.8) is 0 Å². The highest BCUT2D eigenvalue weighted by atomic mass is 35.5. The Morgan fingerprint density at radius 1 is 1.11 bits per heavy atom. The second kappa shape index (κ2) is 15.1. The van der Waals surface area contributed by atoms with Gasteiger partial charge >= 0.3 is 0 Å². The summed E-state index contributed by atoms with van der Waals surface area (Å²) in [4.78, 5) is 17.8. The minimum atomic E-state index is -0.172. The van der Waals surface area contributed by atoms with Crippen molar-refractivity contribution in [2.75, 3.05) is 59.2 Å². The number of methoxy groups -OCH3 is 2. The molecule has 3 rings (SSSR count). The zero-order valence-corrected chi connectivity index (χ0v) is 23.4. The van der Waals surface area contributed by atoms with Crippen LogP contribution in [0.15, 0.2) is 36.4 Å². The van der Waals surface area contributed by atoms with E-state index in [-0.39, 0.29) is 5.91 Å². The highest BCUT2D eigenvalue weighted by molar-refractivity contribution is 6.33. The van der Waals surface area contributed by atoms with Gasteiger partial charge in [-0.1, -0.05) is 37.1 Å². The van der Waals surface area contributed by atoms with E-state index >= 15 is 0 Å². The third-order valence-electron chi connectivity index (χ3n) is 7.28. The van der Waals surface area contributed by atoms with Crippen LogP contribution in [0.1, 0.15) is 54.9 Å². The average Bonchev–Trinajstić information content (AvgIpc) is 2.93. The van der Waals surface area contributed by atoms with E-state index in [9.17, 15) is 4.79 Å². The fourth-order valence-electron chi connectivity index (χ4n) is 4.85. The van der Waals surface area contributed by atoms with Gasteiger partial charge in [-0.3, -0.25) is 9.69 Å². The number of halogens is 1. The average molecular weight is 531 g/mol. The van der Waals surface area contributed by atoms with E-state index in [1.807, 2.05) is 12.1 Å². The van der Waals surface area contributed by atoms with Crippen molar-refractivity contribution in [1.82, 2.24) is 15.1 Å². The fraction of sp³-hybridized carbons (Fsp3) is 0.552. The summed E-state index contributed by atoms with van der Waals surface area (Å²) in [5.41, 5.74) is 7.98. The second-order valence-corrected chi connectivity index (χ2v) is 10.3. The number of amides is 1. The number of carbonyl (C=O) groups is 1. The zero-order valence-electron chi connectivity index (χ0n) is 22.6. The maximum absolute atomic E-state index is 12.7. The maximum atomic E-state index is 12.7. The molecule has 8 heteroatoms. The molecule has 1 saturated heterocycles. The molecule has 1 heterocycles. The lowest BCUT2D eigenvalue weighted by Gasteiger charge is -2.32. The lowest BCUT2D eigenvalue weighted by atomic mass is 9.96. The highest BCUT2D eigenvalue weighted by Crippen LogP contribution is 2.29. The predicted octanol–water partition coefficient (Wildman–Crippen LogP) is 5.07. The number of nitrogens with zero attached hydrogens (tertiary/aromatic N) is 2. The normalized spacial score (nSPS) is 14.6. The van der Waals surface area contributed by atoms with Crippen molar-refractivity contribution in [1.29, 1.82) is 0 Å². The van der Waals surface area contributed by atoms with Gasteiger partial charge in [-0.2, -0.15) is 0 Å². The molecule has 0 aromatic heterocycles. The summed E-state index contributed by atoms with van der Waals surface area (Å²) in [6.07, 6.45) is 5.92. The molecule has 0 unspecified atom stereocenters. The van der Waals surface area contributed by atoms with Crippen LogP contribution in [0, 0.1) is 5.92 Å². The fourth-order valence-corrected chi connectivity index (χ4v) is 5.01. The number of nitrogens with two attached hydrogens (primary N) is 1. The van der Waals surface area contributed by atoms with Crippen molar-refractivity contribution in [2.24, 2.45) is 5.92 Å². The van der Waals surface area contributed by atoms with Gasteiger partial charge in [-0.25, -0.2) is 0 Å². The Kier molecular flexibility index (Phi) is 11.8. The van der Waals surface area contributed by atoms with Crippen LogP contribution < -0.4 is 20.5 Å². The Bertz CT molecular complexity index is 978. The van der Waals surface area contributed by atoms with Gasteiger partial charge < -0.3 is 25.4 Å². The summed E-state index contributed by atoms with van der Waals surface area (Å²) >= 11 is 6.11. The lowest BCUT2D eigenvalue weighted by Crippen LogP contribution is -2.39. The van der Waals surface area contributed by atoms with Gasteiger partial charge in [0.1, 0.15) is 11.5 Å². The first-order chi connectivity index (χ1) is 17.9. The first kappa shape index (κ1) is 29.1. The SMILES string of the molecule is CCN(CCCCCN1CCC(CNC(=O)c2cc(Cl)c(N)cc2OC)CC1)Cc1ccc(OC)cc1. The summed E-state index contributed by atoms with van der Waals surface area (Å²) < 4.78 is 10.6. The van der Waals surface area contributed by atoms with Crippen LogP contribution in [-0.2, 0) is 6.54 Å². The molecule has 2 aromatic rings. The number of piperidine rings is 1. The van der Waals surface area contributed by atoms with E-state index in [0.717, 1.165) is 57.9 Å². The number of nitrogen functional groups attached to an aromatic ring is 1. The van der Waals surface area contributed by atoms with Gasteiger partial charge in [0.15, 0.2) is 0 Å². The molecule has 0 saturated carbocycles. The third kappa shape index (κ3) is 9.09. The van der Waals surface area contributed by atoms with E-state index < -0.39 is 0 Å². The largest absolute Gasteiger partial charge is 0.497 e. The summed E-state index contributed by atoms with van der Waals surface area (Å²) in [5.74, 6) is 1.67. The standard InChI is InChI=1S/C29H43ClN4O3/c1-4-33(21-23-8-10-24(36-2)11-9-23)14-6-5-7-15-34-16-12-22(13-17-34)20-32-29(35)25-18-26(30)27(31)19-28(25)37-3/h8-11,18-19,22H,4-7,12-17,20-21,31H2,1-3H3,(H,32,35). The smallest absolute Gasteiger partial charge is 0.255 e. The molecule has 2 aromatic carbocycles. The second-order valence-electron chi connectivity index (χ2n) is 9.85. The summed E-state index contributed by atoms with van der Waals surface area (Å²) in [7, 11) is 3.23. The number of nitrogens with one attached hydrogen (secondary N) is 1. The maximum Gasteiger partial charge on any atom is 0.255 e. The molecular formula is C29H43ClN4O3.